The molecule has 0 N–H and O–H groups in total. The van der Waals surface area contributed by atoms with Gasteiger partial charge in [0.2, 0.25) is 0 Å². The number of nitrogens with zero attached hydrogens (tertiary/aromatic N) is 3. The van der Waals surface area contributed by atoms with Crippen LogP contribution in [0.25, 0.3) is 0 Å². The van der Waals surface area contributed by atoms with Crippen molar-refractivity contribution < 1.29 is 0 Å². The lowest BCUT2D eigenvalue weighted by atomic mass is 10.1. The second-order valence-electron chi connectivity index (χ2n) is 4.93. The molecule has 1 atom stereocenters. The number of rotatable bonds is 3. The molecule has 0 bridgehead atoms. The fourth-order valence-corrected chi connectivity index (χ4v) is 2.56. The summed E-state index contributed by atoms with van der Waals surface area (Å²) in [5.74, 6) is 0.719. The van der Waals surface area contributed by atoms with Gasteiger partial charge in [-0.15, -0.1) is 0 Å². The van der Waals surface area contributed by atoms with Gasteiger partial charge in [0, 0.05) is 20.1 Å². The molecule has 3 nitrogen and oxygen atoms in total. The van der Waals surface area contributed by atoms with Crippen LogP contribution in [0.15, 0.2) is 24.3 Å². The van der Waals surface area contributed by atoms with E-state index in [2.05, 4.69) is 30.0 Å². The van der Waals surface area contributed by atoms with Gasteiger partial charge in [-0.2, -0.15) is 5.26 Å². The maximum Gasteiger partial charge on any atom is 0.101 e. The highest BCUT2D eigenvalue weighted by atomic mass is 15.2. The smallest absolute Gasteiger partial charge is 0.101 e. The normalized spacial score (nSPS) is 20.2. The van der Waals surface area contributed by atoms with Crippen LogP contribution in [0.3, 0.4) is 0 Å². The molecule has 1 aromatic carbocycles. The van der Waals surface area contributed by atoms with Crippen molar-refractivity contribution >= 4 is 5.69 Å². The SMILES string of the molecule is CN1CCC(CN(C)c2ccccc2C#N)C1. The molecule has 17 heavy (non-hydrogen) atoms. The zero-order valence-electron chi connectivity index (χ0n) is 10.6. The summed E-state index contributed by atoms with van der Waals surface area (Å²) in [6.45, 7) is 3.39. The van der Waals surface area contributed by atoms with E-state index in [-0.39, 0.29) is 0 Å². The van der Waals surface area contributed by atoms with Gasteiger partial charge in [-0.1, -0.05) is 12.1 Å². The van der Waals surface area contributed by atoms with Gasteiger partial charge in [-0.25, -0.2) is 0 Å². The first kappa shape index (κ1) is 11.9. The molecule has 0 amide bonds. The van der Waals surface area contributed by atoms with E-state index in [0.717, 1.165) is 23.7 Å². The van der Waals surface area contributed by atoms with Gasteiger partial charge in [0.15, 0.2) is 0 Å². The number of hydrogen-bond donors (Lipinski definition) is 0. The topological polar surface area (TPSA) is 30.3 Å². The van der Waals surface area contributed by atoms with Gasteiger partial charge in [0.05, 0.1) is 11.3 Å². The second kappa shape index (κ2) is 5.20. The third kappa shape index (κ3) is 2.78. The summed E-state index contributed by atoms with van der Waals surface area (Å²) < 4.78 is 0. The quantitative estimate of drug-likeness (QED) is 0.793. The molecule has 0 aromatic heterocycles. The van der Waals surface area contributed by atoms with Gasteiger partial charge in [-0.3, -0.25) is 0 Å². The standard InChI is InChI=1S/C14H19N3/c1-16-8-7-12(10-16)11-17(2)14-6-4-3-5-13(14)9-15/h3-6,12H,7-8,10-11H2,1-2H3. The number of benzene rings is 1. The molecule has 0 radical (unpaired) electrons. The van der Waals surface area contributed by atoms with Crippen molar-refractivity contribution in [3.63, 3.8) is 0 Å². The van der Waals surface area contributed by atoms with Gasteiger partial charge < -0.3 is 9.80 Å². The first-order valence-electron chi connectivity index (χ1n) is 6.09. The third-order valence-electron chi connectivity index (χ3n) is 3.46. The Morgan fingerprint density at radius 2 is 2.24 bits per heavy atom. The molecule has 3 heteroatoms. The molecule has 1 saturated heterocycles. The van der Waals surface area contributed by atoms with Crippen LogP contribution in [0, 0.1) is 17.2 Å². The summed E-state index contributed by atoms with van der Waals surface area (Å²) >= 11 is 0. The lowest BCUT2D eigenvalue weighted by Crippen LogP contribution is -2.27. The fraction of sp³-hybridized carbons (Fsp3) is 0.500. The Morgan fingerprint density at radius 1 is 1.47 bits per heavy atom. The maximum absolute atomic E-state index is 9.09. The van der Waals surface area contributed by atoms with Crippen LogP contribution in [-0.2, 0) is 0 Å². The van der Waals surface area contributed by atoms with Crippen molar-refractivity contribution in [3.05, 3.63) is 29.8 Å². The van der Waals surface area contributed by atoms with Crippen LogP contribution in [0.4, 0.5) is 5.69 Å². The average Bonchev–Trinajstić information content (AvgIpc) is 2.74. The molecular weight excluding hydrogens is 210 g/mol. The van der Waals surface area contributed by atoms with Gasteiger partial charge in [0.25, 0.3) is 0 Å². The molecule has 1 unspecified atom stereocenters. The highest BCUT2D eigenvalue weighted by Crippen LogP contribution is 2.22. The van der Waals surface area contributed by atoms with Crippen LogP contribution in [0.2, 0.25) is 0 Å². The van der Waals surface area contributed by atoms with Crippen LogP contribution in [0.5, 0.6) is 0 Å². The molecule has 1 heterocycles. The molecule has 2 rings (SSSR count). The van der Waals surface area contributed by atoms with Crippen LogP contribution in [0.1, 0.15) is 12.0 Å². The number of likely N-dealkylation sites (tertiary alicyclic amines) is 1. The Balaban J connectivity index is 2.04. The van der Waals surface area contributed by atoms with E-state index < -0.39 is 0 Å². The highest BCUT2D eigenvalue weighted by Gasteiger charge is 2.21. The van der Waals surface area contributed by atoms with E-state index in [9.17, 15) is 0 Å². The predicted molar refractivity (Wildman–Crippen MR) is 70.0 cm³/mol. The Labute approximate surface area is 103 Å². The fourth-order valence-electron chi connectivity index (χ4n) is 2.56. The summed E-state index contributed by atoms with van der Waals surface area (Å²) in [5.41, 5.74) is 1.81. The van der Waals surface area contributed by atoms with E-state index >= 15 is 0 Å². The lowest BCUT2D eigenvalue weighted by molar-refractivity contribution is 0.396. The first-order valence-corrected chi connectivity index (χ1v) is 6.09. The minimum absolute atomic E-state index is 0.719. The Bertz CT molecular complexity index is 422. The number of para-hydroxylation sites is 1. The molecule has 0 saturated carbocycles. The molecule has 1 fully saturated rings. The molecule has 1 aromatic rings. The van der Waals surface area contributed by atoms with E-state index in [1.54, 1.807) is 0 Å². The van der Waals surface area contributed by atoms with Crippen molar-refractivity contribution in [1.82, 2.24) is 4.90 Å². The molecule has 0 aliphatic carbocycles. The lowest BCUT2D eigenvalue weighted by Gasteiger charge is -2.24. The third-order valence-corrected chi connectivity index (χ3v) is 3.46. The zero-order chi connectivity index (χ0) is 12.3. The van der Waals surface area contributed by atoms with Crippen LogP contribution in [-0.4, -0.2) is 38.6 Å². The number of nitriles is 1. The second-order valence-corrected chi connectivity index (χ2v) is 4.93. The summed E-state index contributed by atoms with van der Waals surface area (Å²) in [6.07, 6.45) is 1.26. The Kier molecular flexibility index (Phi) is 3.65. The van der Waals surface area contributed by atoms with Crippen molar-refractivity contribution in [2.24, 2.45) is 5.92 Å². The van der Waals surface area contributed by atoms with Crippen LogP contribution >= 0.6 is 0 Å². The molecule has 0 spiro atoms. The van der Waals surface area contributed by atoms with E-state index in [4.69, 9.17) is 5.26 Å². The van der Waals surface area contributed by atoms with Crippen molar-refractivity contribution in [1.29, 1.82) is 5.26 Å². The molecule has 90 valence electrons. The summed E-state index contributed by atoms with van der Waals surface area (Å²) in [6, 6.07) is 10.1. The summed E-state index contributed by atoms with van der Waals surface area (Å²) in [7, 11) is 4.25. The van der Waals surface area contributed by atoms with Crippen molar-refractivity contribution in [2.45, 2.75) is 6.42 Å². The minimum Gasteiger partial charge on any atom is -0.373 e. The Morgan fingerprint density at radius 3 is 2.88 bits per heavy atom. The van der Waals surface area contributed by atoms with Gasteiger partial charge in [0.1, 0.15) is 6.07 Å². The molecular formula is C14H19N3. The Hall–Kier alpha value is -1.53. The van der Waals surface area contributed by atoms with Crippen LogP contribution < -0.4 is 4.90 Å². The monoisotopic (exact) mass is 229 g/mol. The summed E-state index contributed by atoms with van der Waals surface area (Å²) in [5, 5.41) is 9.09. The van der Waals surface area contributed by atoms with E-state index in [1.165, 1.54) is 19.5 Å². The molecule has 1 aliphatic rings. The highest BCUT2D eigenvalue weighted by molar-refractivity contribution is 5.58. The minimum atomic E-state index is 0.719. The summed E-state index contributed by atoms with van der Waals surface area (Å²) in [4.78, 5) is 4.58. The maximum atomic E-state index is 9.09. The number of anilines is 1. The first-order chi connectivity index (χ1) is 8.20. The van der Waals surface area contributed by atoms with E-state index in [0.29, 0.717) is 0 Å². The van der Waals surface area contributed by atoms with Crippen molar-refractivity contribution in [3.8, 4) is 6.07 Å². The zero-order valence-corrected chi connectivity index (χ0v) is 10.6. The molecule has 1 aliphatic heterocycles. The van der Waals surface area contributed by atoms with E-state index in [1.807, 2.05) is 24.3 Å². The number of hydrogen-bond acceptors (Lipinski definition) is 3. The average molecular weight is 229 g/mol. The van der Waals surface area contributed by atoms with Gasteiger partial charge >= 0.3 is 0 Å². The van der Waals surface area contributed by atoms with Crippen molar-refractivity contribution in [2.75, 3.05) is 38.6 Å². The predicted octanol–water partition coefficient (Wildman–Crippen LogP) is 1.95. The largest absolute Gasteiger partial charge is 0.373 e. The van der Waals surface area contributed by atoms with Gasteiger partial charge in [-0.05, 0) is 38.1 Å².